The van der Waals surface area contributed by atoms with Gasteiger partial charge in [0.2, 0.25) is 0 Å². The largest absolute Gasteiger partial charge is 0.480 e. The standard InChI is InChI=1S/C11H13F3N2O2/c12-11(13,14)8-4-2-1-3-7(8)5-16-6-9(15)10(17)18/h1-4,9,16H,5-6,15H2,(H,17,18). The van der Waals surface area contributed by atoms with E-state index in [0.717, 1.165) is 6.07 Å². The van der Waals surface area contributed by atoms with E-state index in [2.05, 4.69) is 5.32 Å². The zero-order chi connectivity index (χ0) is 13.8. The Hall–Kier alpha value is -1.60. The lowest BCUT2D eigenvalue weighted by Gasteiger charge is -2.14. The molecule has 0 saturated heterocycles. The number of nitrogens with one attached hydrogen (secondary N) is 1. The van der Waals surface area contributed by atoms with Crippen LogP contribution in [-0.2, 0) is 17.5 Å². The van der Waals surface area contributed by atoms with E-state index in [0.29, 0.717) is 0 Å². The SMILES string of the molecule is NC(CNCc1ccccc1C(F)(F)F)C(=O)O. The quantitative estimate of drug-likeness (QED) is 0.745. The van der Waals surface area contributed by atoms with Crippen LogP contribution < -0.4 is 11.1 Å². The summed E-state index contributed by atoms with van der Waals surface area (Å²) in [6.07, 6.45) is -4.42. The molecule has 4 N–H and O–H groups in total. The van der Waals surface area contributed by atoms with Crippen molar-refractivity contribution in [1.82, 2.24) is 5.32 Å². The lowest BCUT2D eigenvalue weighted by atomic mass is 10.1. The van der Waals surface area contributed by atoms with Crippen molar-refractivity contribution < 1.29 is 23.1 Å². The number of hydrogen-bond acceptors (Lipinski definition) is 3. The van der Waals surface area contributed by atoms with Gasteiger partial charge in [0, 0.05) is 13.1 Å². The summed E-state index contributed by atoms with van der Waals surface area (Å²) in [5, 5.41) is 11.1. The van der Waals surface area contributed by atoms with Crippen LogP contribution in [-0.4, -0.2) is 23.7 Å². The minimum absolute atomic E-state index is 0.0580. The smallest absolute Gasteiger partial charge is 0.416 e. The molecule has 0 aliphatic rings. The molecule has 0 heterocycles. The predicted octanol–water partition coefficient (Wildman–Crippen LogP) is 1.21. The Morgan fingerprint density at radius 2 is 2.00 bits per heavy atom. The van der Waals surface area contributed by atoms with E-state index in [9.17, 15) is 18.0 Å². The number of alkyl halides is 3. The van der Waals surface area contributed by atoms with Crippen LogP contribution in [0.5, 0.6) is 0 Å². The average Bonchev–Trinajstić information content (AvgIpc) is 2.28. The first kappa shape index (κ1) is 14.5. The van der Waals surface area contributed by atoms with Gasteiger partial charge in [0.05, 0.1) is 5.56 Å². The van der Waals surface area contributed by atoms with Crippen molar-refractivity contribution in [2.45, 2.75) is 18.8 Å². The summed E-state index contributed by atoms with van der Waals surface area (Å²) in [5.74, 6) is -1.20. The van der Waals surface area contributed by atoms with Gasteiger partial charge in [-0.05, 0) is 11.6 Å². The summed E-state index contributed by atoms with van der Waals surface area (Å²) >= 11 is 0. The number of carboxylic acids is 1. The first-order valence-electron chi connectivity index (χ1n) is 5.16. The maximum atomic E-state index is 12.6. The van der Waals surface area contributed by atoms with Gasteiger partial charge in [-0.15, -0.1) is 0 Å². The molecule has 1 aromatic carbocycles. The minimum Gasteiger partial charge on any atom is -0.480 e. The Bertz CT molecular complexity index is 421. The first-order chi connectivity index (χ1) is 8.32. The molecule has 7 heteroatoms. The normalized spacial score (nSPS) is 13.3. The first-order valence-corrected chi connectivity index (χ1v) is 5.16. The van der Waals surface area contributed by atoms with Crippen molar-refractivity contribution >= 4 is 5.97 Å². The fourth-order valence-electron chi connectivity index (χ4n) is 1.40. The van der Waals surface area contributed by atoms with Crippen molar-refractivity contribution in [1.29, 1.82) is 0 Å². The molecular formula is C11H13F3N2O2. The molecule has 0 amide bonds. The maximum absolute atomic E-state index is 12.6. The van der Waals surface area contributed by atoms with E-state index in [4.69, 9.17) is 10.8 Å². The summed E-state index contributed by atoms with van der Waals surface area (Å²) in [6.45, 7) is -0.182. The molecule has 0 aliphatic heterocycles. The van der Waals surface area contributed by atoms with Gasteiger partial charge in [0.15, 0.2) is 0 Å². The molecule has 0 radical (unpaired) electrons. The third-order valence-electron chi connectivity index (χ3n) is 2.32. The third-order valence-corrected chi connectivity index (χ3v) is 2.32. The van der Waals surface area contributed by atoms with Crippen LogP contribution in [0, 0.1) is 0 Å². The molecular weight excluding hydrogens is 249 g/mol. The van der Waals surface area contributed by atoms with Crippen LogP contribution in [0.4, 0.5) is 13.2 Å². The van der Waals surface area contributed by atoms with E-state index in [1.165, 1.54) is 18.2 Å². The van der Waals surface area contributed by atoms with Crippen molar-refractivity contribution in [2.24, 2.45) is 5.73 Å². The number of carbonyl (C=O) groups is 1. The van der Waals surface area contributed by atoms with Crippen LogP contribution in [0.1, 0.15) is 11.1 Å². The Kier molecular flexibility index (Phi) is 4.69. The Morgan fingerprint density at radius 3 is 2.56 bits per heavy atom. The number of halogens is 3. The highest BCUT2D eigenvalue weighted by atomic mass is 19.4. The molecule has 0 spiro atoms. The highest BCUT2D eigenvalue weighted by molar-refractivity contribution is 5.73. The molecule has 4 nitrogen and oxygen atoms in total. The van der Waals surface area contributed by atoms with Crippen molar-refractivity contribution in [2.75, 3.05) is 6.54 Å². The van der Waals surface area contributed by atoms with Gasteiger partial charge in [-0.2, -0.15) is 13.2 Å². The van der Waals surface area contributed by atoms with Gasteiger partial charge in [-0.25, -0.2) is 0 Å². The fourth-order valence-corrected chi connectivity index (χ4v) is 1.40. The van der Waals surface area contributed by atoms with Crippen molar-refractivity contribution in [3.63, 3.8) is 0 Å². The lowest BCUT2D eigenvalue weighted by molar-refractivity contribution is -0.139. The predicted molar refractivity (Wildman–Crippen MR) is 58.8 cm³/mol. The molecule has 1 atom stereocenters. The second-order valence-corrected chi connectivity index (χ2v) is 3.73. The molecule has 1 aromatic rings. The van der Waals surface area contributed by atoms with Crippen LogP contribution in [0.25, 0.3) is 0 Å². The van der Waals surface area contributed by atoms with Gasteiger partial charge < -0.3 is 16.2 Å². The molecule has 0 saturated carbocycles. The highest BCUT2D eigenvalue weighted by Gasteiger charge is 2.32. The third kappa shape index (κ3) is 4.01. The van der Waals surface area contributed by atoms with Gasteiger partial charge in [0.1, 0.15) is 6.04 Å². The lowest BCUT2D eigenvalue weighted by Crippen LogP contribution is -2.40. The summed E-state index contributed by atoms with van der Waals surface area (Å²) in [6, 6.07) is 3.97. The monoisotopic (exact) mass is 262 g/mol. The molecule has 0 aromatic heterocycles. The molecule has 0 aliphatic carbocycles. The van der Waals surface area contributed by atoms with Crippen molar-refractivity contribution in [3.05, 3.63) is 35.4 Å². The molecule has 1 rings (SSSR count). The second kappa shape index (κ2) is 5.83. The van der Waals surface area contributed by atoms with E-state index < -0.39 is 23.8 Å². The van der Waals surface area contributed by atoms with Crippen LogP contribution in [0.2, 0.25) is 0 Å². The number of nitrogens with two attached hydrogens (primary N) is 1. The Morgan fingerprint density at radius 1 is 1.39 bits per heavy atom. The highest BCUT2D eigenvalue weighted by Crippen LogP contribution is 2.31. The summed E-state index contributed by atoms with van der Waals surface area (Å²) in [7, 11) is 0. The second-order valence-electron chi connectivity index (χ2n) is 3.73. The van der Waals surface area contributed by atoms with Crippen LogP contribution in [0.3, 0.4) is 0 Å². The minimum atomic E-state index is -4.42. The topological polar surface area (TPSA) is 75.3 Å². The number of rotatable bonds is 5. The zero-order valence-electron chi connectivity index (χ0n) is 9.37. The average molecular weight is 262 g/mol. The molecule has 0 fully saturated rings. The van der Waals surface area contributed by atoms with Gasteiger partial charge in [0.25, 0.3) is 0 Å². The van der Waals surface area contributed by atoms with E-state index in [-0.39, 0.29) is 18.7 Å². The Labute approximate surface area is 102 Å². The zero-order valence-corrected chi connectivity index (χ0v) is 9.37. The van der Waals surface area contributed by atoms with E-state index in [1.807, 2.05) is 0 Å². The molecule has 100 valence electrons. The van der Waals surface area contributed by atoms with Crippen molar-refractivity contribution in [3.8, 4) is 0 Å². The number of aliphatic carboxylic acids is 1. The number of benzene rings is 1. The van der Waals surface area contributed by atoms with E-state index in [1.54, 1.807) is 0 Å². The Balaban J connectivity index is 2.66. The molecule has 0 bridgehead atoms. The van der Waals surface area contributed by atoms with Gasteiger partial charge in [-0.1, -0.05) is 18.2 Å². The number of carboxylic acid groups (broad SMARTS) is 1. The molecule has 1 unspecified atom stereocenters. The van der Waals surface area contributed by atoms with Crippen LogP contribution >= 0.6 is 0 Å². The van der Waals surface area contributed by atoms with E-state index >= 15 is 0 Å². The van der Waals surface area contributed by atoms with Gasteiger partial charge >= 0.3 is 12.1 Å². The van der Waals surface area contributed by atoms with Crippen LogP contribution in [0.15, 0.2) is 24.3 Å². The molecule has 18 heavy (non-hydrogen) atoms. The summed E-state index contributed by atoms with van der Waals surface area (Å²) in [4.78, 5) is 10.4. The van der Waals surface area contributed by atoms with Gasteiger partial charge in [-0.3, -0.25) is 4.79 Å². The summed E-state index contributed by atoms with van der Waals surface area (Å²) in [5.41, 5.74) is 4.54. The maximum Gasteiger partial charge on any atom is 0.416 e. The fraction of sp³-hybridized carbons (Fsp3) is 0.364. The summed E-state index contributed by atoms with van der Waals surface area (Å²) < 4.78 is 37.8. The number of hydrogen-bond donors (Lipinski definition) is 3.